The predicted octanol–water partition coefficient (Wildman–Crippen LogP) is 4.25. The minimum atomic E-state index is -0.223. The zero-order chi connectivity index (χ0) is 12.6. The Kier molecular flexibility index (Phi) is 2.66. The van der Waals surface area contributed by atoms with Gasteiger partial charge in [0.05, 0.1) is 0 Å². The quantitative estimate of drug-likeness (QED) is 0.756. The van der Waals surface area contributed by atoms with E-state index in [1.54, 1.807) is 12.1 Å². The summed E-state index contributed by atoms with van der Waals surface area (Å²) in [4.78, 5) is 0. The van der Waals surface area contributed by atoms with Crippen LogP contribution in [0, 0.1) is 18.1 Å². The van der Waals surface area contributed by atoms with Crippen LogP contribution in [0.5, 0.6) is 0 Å². The predicted molar refractivity (Wildman–Crippen MR) is 67.1 cm³/mol. The van der Waals surface area contributed by atoms with E-state index in [0.29, 0.717) is 0 Å². The van der Waals surface area contributed by atoms with Crippen molar-refractivity contribution in [3.8, 4) is 0 Å². The highest BCUT2D eigenvalue weighted by molar-refractivity contribution is 5.42. The van der Waals surface area contributed by atoms with Gasteiger partial charge in [0.15, 0.2) is 0 Å². The Hall–Kier alpha value is -1.70. The fourth-order valence-electron chi connectivity index (χ4n) is 2.31. The van der Waals surface area contributed by atoms with Crippen LogP contribution >= 0.6 is 0 Å². The molecule has 0 amide bonds. The molecule has 0 heterocycles. The second-order valence-electron chi connectivity index (χ2n) is 4.86. The van der Waals surface area contributed by atoms with Gasteiger partial charge in [-0.25, -0.2) is 8.78 Å². The summed E-state index contributed by atoms with van der Waals surface area (Å²) in [5, 5.41) is 0. The van der Waals surface area contributed by atoms with Gasteiger partial charge in [-0.3, -0.25) is 0 Å². The topological polar surface area (TPSA) is 0 Å². The van der Waals surface area contributed by atoms with E-state index in [9.17, 15) is 8.78 Å². The fourth-order valence-corrected chi connectivity index (χ4v) is 2.31. The van der Waals surface area contributed by atoms with Crippen molar-refractivity contribution in [1.82, 2.24) is 0 Å². The molecule has 2 heteroatoms. The molecule has 2 aromatic rings. The van der Waals surface area contributed by atoms with Crippen molar-refractivity contribution in [1.29, 1.82) is 0 Å². The number of halogens is 2. The number of hydrogen-bond donors (Lipinski definition) is 0. The standard InChI is InChI=1S/C16H13F2/c17-14-5-1-12(2-6-14)11-16(9-10-16)13-3-7-15(18)8-4-13/h1-8,11H,9-10H2. The lowest BCUT2D eigenvalue weighted by Gasteiger charge is -2.15. The van der Waals surface area contributed by atoms with Crippen LogP contribution in [0.3, 0.4) is 0 Å². The molecule has 0 aliphatic heterocycles. The first-order valence-electron chi connectivity index (χ1n) is 6.06. The van der Waals surface area contributed by atoms with E-state index in [4.69, 9.17) is 0 Å². The molecule has 0 spiro atoms. The van der Waals surface area contributed by atoms with Crippen molar-refractivity contribution in [3.05, 3.63) is 77.7 Å². The zero-order valence-corrected chi connectivity index (χ0v) is 9.87. The van der Waals surface area contributed by atoms with E-state index in [0.717, 1.165) is 24.0 Å². The summed E-state index contributed by atoms with van der Waals surface area (Å²) in [5.74, 6) is -0.435. The van der Waals surface area contributed by atoms with Crippen molar-refractivity contribution in [3.63, 3.8) is 0 Å². The van der Waals surface area contributed by atoms with Crippen molar-refractivity contribution in [2.75, 3.05) is 0 Å². The number of rotatable bonds is 3. The Morgan fingerprint density at radius 1 is 0.778 bits per heavy atom. The highest BCUT2D eigenvalue weighted by Gasteiger charge is 2.44. The summed E-state index contributed by atoms with van der Waals surface area (Å²) in [6, 6.07) is 13.1. The maximum atomic E-state index is 12.9. The van der Waals surface area contributed by atoms with Crippen LogP contribution in [-0.4, -0.2) is 0 Å². The van der Waals surface area contributed by atoms with Crippen LogP contribution < -0.4 is 0 Å². The highest BCUT2D eigenvalue weighted by atomic mass is 19.1. The van der Waals surface area contributed by atoms with Gasteiger partial charge in [0.25, 0.3) is 0 Å². The van der Waals surface area contributed by atoms with Crippen LogP contribution in [0.25, 0.3) is 0 Å². The first-order valence-corrected chi connectivity index (χ1v) is 6.06. The maximum absolute atomic E-state index is 12.9. The molecule has 0 aromatic heterocycles. The third kappa shape index (κ3) is 2.15. The zero-order valence-electron chi connectivity index (χ0n) is 9.87. The summed E-state index contributed by atoms with van der Waals surface area (Å²) in [6.07, 6.45) is 4.28. The third-order valence-electron chi connectivity index (χ3n) is 3.52. The van der Waals surface area contributed by atoms with Gasteiger partial charge in [0.2, 0.25) is 0 Å². The van der Waals surface area contributed by atoms with Gasteiger partial charge in [0.1, 0.15) is 11.6 Å². The van der Waals surface area contributed by atoms with Crippen molar-refractivity contribution >= 4 is 0 Å². The van der Waals surface area contributed by atoms with Crippen LogP contribution in [-0.2, 0) is 5.41 Å². The van der Waals surface area contributed by atoms with Crippen molar-refractivity contribution < 1.29 is 8.78 Å². The van der Waals surface area contributed by atoms with Gasteiger partial charge in [0, 0.05) is 11.8 Å². The molecule has 1 aliphatic rings. The largest absolute Gasteiger partial charge is 0.207 e. The minimum absolute atomic E-state index is 0.0194. The van der Waals surface area contributed by atoms with Crippen molar-refractivity contribution in [2.45, 2.75) is 18.3 Å². The maximum Gasteiger partial charge on any atom is 0.123 e. The SMILES string of the molecule is Fc1ccc([CH]C2(c3ccc(F)cc3)CC2)cc1. The summed E-state index contributed by atoms with van der Waals surface area (Å²) >= 11 is 0. The van der Waals surface area contributed by atoms with Crippen LogP contribution in [0.15, 0.2) is 48.5 Å². The normalized spacial score (nSPS) is 16.6. The first kappa shape index (κ1) is 11.4. The molecule has 1 fully saturated rings. The molecule has 0 bridgehead atoms. The van der Waals surface area contributed by atoms with E-state index in [1.165, 1.54) is 24.3 Å². The highest BCUT2D eigenvalue weighted by Crippen LogP contribution is 2.51. The molecule has 0 saturated heterocycles. The molecule has 18 heavy (non-hydrogen) atoms. The van der Waals surface area contributed by atoms with E-state index in [2.05, 4.69) is 6.42 Å². The monoisotopic (exact) mass is 243 g/mol. The molecular weight excluding hydrogens is 230 g/mol. The van der Waals surface area contributed by atoms with Gasteiger partial charge in [-0.2, -0.15) is 0 Å². The van der Waals surface area contributed by atoms with Crippen LogP contribution in [0.1, 0.15) is 24.0 Å². The molecule has 91 valence electrons. The smallest absolute Gasteiger partial charge is 0.123 e. The van der Waals surface area contributed by atoms with Crippen LogP contribution in [0.2, 0.25) is 0 Å². The Balaban J connectivity index is 1.83. The molecule has 0 unspecified atom stereocenters. The lowest BCUT2D eigenvalue weighted by molar-refractivity contribution is 0.625. The van der Waals surface area contributed by atoms with Crippen LogP contribution in [0.4, 0.5) is 8.78 Å². The van der Waals surface area contributed by atoms with Gasteiger partial charge in [-0.15, -0.1) is 0 Å². The fraction of sp³-hybridized carbons (Fsp3) is 0.188. The summed E-state index contributed by atoms with van der Waals surface area (Å²) < 4.78 is 25.8. The molecule has 1 aliphatic carbocycles. The van der Waals surface area contributed by atoms with E-state index >= 15 is 0 Å². The number of hydrogen-bond acceptors (Lipinski definition) is 0. The van der Waals surface area contributed by atoms with Gasteiger partial charge < -0.3 is 0 Å². The molecule has 3 rings (SSSR count). The van der Waals surface area contributed by atoms with Crippen molar-refractivity contribution in [2.24, 2.45) is 0 Å². The lowest BCUT2D eigenvalue weighted by atomic mass is 9.89. The Morgan fingerprint density at radius 2 is 1.28 bits per heavy atom. The Bertz CT molecular complexity index is 536. The molecular formula is C16H13F2. The molecule has 1 radical (unpaired) electrons. The molecule has 2 aromatic carbocycles. The summed E-state index contributed by atoms with van der Waals surface area (Å²) in [7, 11) is 0. The van der Waals surface area contributed by atoms with Gasteiger partial charge in [-0.05, 0) is 48.2 Å². The average Bonchev–Trinajstić information content (AvgIpc) is 3.14. The molecule has 0 nitrogen and oxygen atoms in total. The van der Waals surface area contributed by atoms with Gasteiger partial charge in [-0.1, -0.05) is 24.3 Å². The second kappa shape index (κ2) is 4.20. The van der Waals surface area contributed by atoms with Gasteiger partial charge >= 0.3 is 0 Å². The van der Waals surface area contributed by atoms with E-state index in [-0.39, 0.29) is 17.0 Å². The molecule has 0 N–H and O–H groups in total. The second-order valence-corrected chi connectivity index (χ2v) is 4.86. The molecule has 0 atom stereocenters. The summed E-state index contributed by atoms with van der Waals surface area (Å²) in [6.45, 7) is 0. The first-order chi connectivity index (χ1) is 8.68. The molecule has 1 saturated carbocycles. The average molecular weight is 243 g/mol. The Labute approximate surface area is 105 Å². The minimum Gasteiger partial charge on any atom is -0.207 e. The third-order valence-corrected chi connectivity index (χ3v) is 3.52. The summed E-state index contributed by atoms with van der Waals surface area (Å²) in [5.41, 5.74) is 2.16. The lowest BCUT2D eigenvalue weighted by Crippen LogP contribution is -2.08. The van der Waals surface area contributed by atoms with E-state index in [1.807, 2.05) is 12.1 Å². The Morgan fingerprint density at radius 3 is 1.78 bits per heavy atom. The number of benzene rings is 2. The van der Waals surface area contributed by atoms with E-state index < -0.39 is 0 Å².